The second-order valence-electron chi connectivity index (χ2n) is 8.49. The number of carbonyl (C=O) groups excluding carboxylic acids is 2. The number of esters is 1. The number of hydrogen-bond donors (Lipinski definition) is 8. The fourth-order valence-corrected chi connectivity index (χ4v) is 7.77. The van der Waals surface area contributed by atoms with Crippen LogP contribution >= 0.6 is 22.4 Å². The van der Waals surface area contributed by atoms with Crippen LogP contribution in [0, 0.1) is 5.41 Å². The molecule has 4 rings (SSSR count). The zero-order valence-electron chi connectivity index (χ0n) is 21.0. The molecule has 7 atom stereocenters. The summed E-state index contributed by atoms with van der Waals surface area (Å²) in [6, 6.07) is 5.03. The molecule has 230 valence electrons. The summed E-state index contributed by atoms with van der Waals surface area (Å²) in [4.78, 5) is 71.8. The number of benzene rings is 1. The van der Waals surface area contributed by atoms with Crippen LogP contribution in [-0.4, -0.2) is 104 Å². The molecule has 3 aliphatic heterocycles. The summed E-state index contributed by atoms with van der Waals surface area (Å²) in [6.07, 6.45) is -5.38. The van der Waals surface area contributed by atoms with Gasteiger partial charge >= 0.3 is 28.3 Å². The first-order chi connectivity index (χ1) is 19.5. The van der Waals surface area contributed by atoms with Gasteiger partial charge in [0.15, 0.2) is 24.2 Å². The molecular formula is C18H23N6O14P3S. The van der Waals surface area contributed by atoms with E-state index in [2.05, 4.69) is 45.6 Å². The number of nitrogens with zero attached hydrogens (tertiary/aromatic N) is 3. The third-order valence-electron chi connectivity index (χ3n) is 5.63. The first-order valence-corrected chi connectivity index (χ1v) is 17.0. The van der Waals surface area contributed by atoms with Gasteiger partial charge in [0.1, 0.15) is 12.2 Å². The number of amides is 1. The van der Waals surface area contributed by atoms with E-state index in [1.54, 1.807) is 25.2 Å². The smallest absolute Gasteiger partial charge is 0.451 e. The van der Waals surface area contributed by atoms with Crippen LogP contribution in [0.3, 0.4) is 0 Å². The third kappa shape index (κ3) is 7.53. The molecule has 1 fully saturated rings. The van der Waals surface area contributed by atoms with Crippen LogP contribution in [0.2, 0.25) is 0 Å². The second-order valence-corrected chi connectivity index (χ2v) is 14.3. The molecule has 0 aromatic heterocycles. The number of hydrogen-bond acceptors (Lipinski definition) is 15. The Morgan fingerprint density at radius 1 is 1.21 bits per heavy atom. The SMILES string of the molecule is CNc1ccccc1C(=O)O[C@@H]1[C@H](O)[C@@H](COP(=O)(O)OP(=O)(O)OP(O)(O)=S)O[C@H]1N1C=NC2C(=O)NC(=N)N=C21. The van der Waals surface area contributed by atoms with Crippen molar-refractivity contribution in [3.63, 3.8) is 0 Å². The second kappa shape index (κ2) is 12.3. The molecule has 20 nitrogen and oxygen atoms in total. The van der Waals surface area contributed by atoms with Crippen LogP contribution in [0.4, 0.5) is 5.69 Å². The van der Waals surface area contributed by atoms with Gasteiger partial charge in [0.05, 0.1) is 18.5 Å². The number of rotatable bonds is 11. The highest BCUT2D eigenvalue weighted by Crippen LogP contribution is 2.66. The lowest BCUT2D eigenvalue weighted by Gasteiger charge is -2.30. The summed E-state index contributed by atoms with van der Waals surface area (Å²) in [7, 11) is -9.57. The summed E-state index contributed by atoms with van der Waals surface area (Å²) in [5.74, 6) is -2.26. The van der Waals surface area contributed by atoms with E-state index in [0.29, 0.717) is 5.69 Å². The Balaban J connectivity index is 1.57. The van der Waals surface area contributed by atoms with Gasteiger partial charge in [-0.1, -0.05) is 12.1 Å². The molecule has 1 amide bonds. The largest absolute Gasteiger partial charge is 0.488 e. The molecule has 0 bridgehead atoms. The maximum absolute atomic E-state index is 13.1. The van der Waals surface area contributed by atoms with Crippen molar-refractivity contribution in [2.45, 2.75) is 30.6 Å². The number of para-hydroxylation sites is 1. The molecule has 0 saturated carbocycles. The molecule has 42 heavy (non-hydrogen) atoms. The highest BCUT2D eigenvalue weighted by molar-refractivity contribution is 8.08. The number of aliphatic hydroxyl groups excluding tert-OH is 1. The Kier molecular flexibility index (Phi) is 9.46. The van der Waals surface area contributed by atoms with E-state index < -0.39 is 77.4 Å². The van der Waals surface area contributed by atoms with Crippen molar-refractivity contribution in [3.8, 4) is 0 Å². The lowest BCUT2D eigenvalue weighted by molar-refractivity contribution is -0.119. The molecule has 3 heterocycles. The molecule has 3 unspecified atom stereocenters. The predicted molar refractivity (Wildman–Crippen MR) is 144 cm³/mol. The van der Waals surface area contributed by atoms with Gasteiger partial charge in [-0.15, -0.1) is 0 Å². The summed E-state index contributed by atoms with van der Waals surface area (Å²) in [5.41, 5.74) is 0.442. The minimum absolute atomic E-state index is 0.0650. The number of guanidine groups is 1. The van der Waals surface area contributed by atoms with E-state index in [0.717, 1.165) is 11.2 Å². The molecule has 3 aliphatic rings. The molecule has 0 spiro atoms. The van der Waals surface area contributed by atoms with Crippen LogP contribution < -0.4 is 10.6 Å². The summed E-state index contributed by atoms with van der Waals surface area (Å²) in [5, 5.41) is 23.7. The van der Waals surface area contributed by atoms with Crippen molar-refractivity contribution >= 4 is 69.9 Å². The van der Waals surface area contributed by atoms with E-state index >= 15 is 0 Å². The number of amidine groups is 1. The molecule has 8 N–H and O–H groups in total. The van der Waals surface area contributed by atoms with Gasteiger partial charge in [-0.3, -0.25) is 29.9 Å². The first-order valence-electron chi connectivity index (χ1n) is 11.4. The summed E-state index contributed by atoms with van der Waals surface area (Å²) >= 11 is 4.02. The quantitative estimate of drug-likeness (QED) is 0.103. The van der Waals surface area contributed by atoms with Crippen molar-refractivity contribution in [2.24, 2.45) is 9.98 Å². The predicted octanol–water partition coefficient (Wildman–Crippen LogP) is -1.03. The molecular weight excluding hydrogens is 649 g/mol. The number of carbonyl (C=O) groups is 2. The Morgan fingerprint density at radius 3 is 2.57 bits per heavy atom. The lowest BCUT2D eigenvalue weighted by Crippen LogP contribution is -2.53. The Labute approximate surface area is 240 Å². The topological polar surface area (TPSA) is 291 Å². The minimum Gasteiger partial charge on any atom is -0.451 e. The standard InChI is InChI=1S/C18H23N6O14P3S/c1-20-9-5-3-2-4-8(9)17(27)36-13-12(25)10(6-34-39(28,29)37-40(30,31)38-41(32,33)42)35-16(13)24-7-21-11-14(24)22-18(19)23-15(11)26/h2-5,7,10-13,16,20,25H,6H2,1H3,(H,28,29)(H,30,31)(H2,19,23,26)(H2,32,33,42)/t10-,11?,12-,13-,16-/m1/s1. The number of aliphatic imine (C=N–C) groups is 2. The number of ether oxygens (including phenoxy) is 2. The Morgan fingerprint density at radius 2 is 1.90 bits per heavy atom. The van der Waals surface area contributed by atoms with Gasteiger partial charge in [-0.05, 0) is 23.9 Å². The molecule has 1 aromatic rings. The Hall–Kier alpha value is -2.48. The van der Waals surface area contributed by atoms with Crippen molar-refractivity contribution in [2.75, 3.05) is 19.0 Å². The van der Waals surface area contributed by atoms with Gasteiger partial charge in [0.25, 0.3) is 5.91 Å². The number of anilines is 1. The van der Waals surface area contributed by atoms with E-state index in [9.17, 15) is 33.6 Å². The maximum atomic E-state index is 13.1. The van der Waals surface area contributed by atoms with E-state index in [1.807, 2.05) is 0 Å². The highest BCUT2D eigenvalue weighted by atomic mass is 32.5. The lowest BCUT2D eigenvalue weighted by atomic mass is 10.1. The number of aliphatic hydroxyl groups is 1. The van der Waals surface area contributed by atoms with Crippen molar-refractivity contribution in [3.05, 3.63) is 29.8 Å². The van der Waals surface area contributed by atoms with Crippen LogP contribution in [0.25, 0.3) is 0 Å². The van der Waals surface area contributed by atoms with Gasteiger partial charge < -0.3 is 39.5 Å². The van der Waals surface area contributed by atoms with Crippen LogP contribution in [0.15, 0.2) is 34.3 Å². The van der Waals surface area contributed by atoms with Gasteiger partial charge in [0.2, 0.25) is 5.96 Å². The molecule has 0 radical (unpaired) electrons. The van der Waals surface area contributed by atoms with Gasteiger partial charge in [-0.25, -0.2) is 18.2 Å². The third-order valence-corrected chi connectivity index (χ3v) is 10.0. The Bertz CT molecular complexity index is 1490. The molecule has 1 aromatic carbocycles. The maximum Gasteiger partial charge on any atom is 0.488 e. The number of nitrogens with one attached hydrogen (secondary N) is 3. The number of phosphoric ester groups is 1. The fraction of sp³-hybridized carbons (Fsp3) is 0.389. The van der Waals surface area contributed by atoms with Gasteiger partial charge in [0, 0.05) is 12.7 Å². The van der Waals surface area contributed by atoms with Gasteiger partial charge in [-0.2, -0.15) is 9.30 Å². The van der Waals surface area contributed by atoms with Crippen LogP contribution in [0.1, 0.15) is 10.4 Å². The fourth-order valence-electron chi connectivity index (χ4n) is 3.98. The monoisotopic (exact) mass is 672 g/mol. The average molecular weight is 672 g/mol. The minimum atomic E-state index is -5.61. The summed E-state index contributed by atoms with van der Waals surface area (Å²) < 4.78 is 47.7. The average Bonchev–Trinajstić information content (AvgIpc) is 3.41. The molecule has 1 saturated heterocycles. The van der Waals surface area contributed by atoms with Crippen LogP contribution in [-0.2, 0) is 48.4 Å². The van der Waals surface area contributed by atoms with E-state index in [4.69, 9.17) is 24.7 Å². The van der Waals surface area contributed by atoms with Crippen molar-refractivity contribution < 1.29 is 66.0 Å². The zero-order valence-corrected chi connectivity index (χ0v) is 24.5. The van der Waals surface area contributed by atoms with Crippen molar-refractivity contribution in [1.82, 2.24) is 10.2 Å². The van der Waals surface area contributed by atoms with E-state index in [1.165, 1.54) is 6.07 Å². The molecule has 0 aliphatic carbocycles. The summed E-state index contributed by atoms with van der Waals surface area (Å²) in [6.45, 7) is -5.83. The zero-order chi connectivity index (χ0) is 31.0. The normalized spacial score (nSPS) is 28.4. The van der Waals surface area contributed by atoms with Crippen LogP contribution in [0.5, 0.6) is 0 Å². The first kappa shape index (κ1) is 32.4. The molecule has 24 heteroatoms. The number of fused-ring (bicyclic) bond motifs is 1. The number of phosphoric acid groups is 2. The van der Waals surface area contributed by atoms with E-state index in [-0.39, 0.29) is 11.4 Å². The highest BCUT2D eigenvalue weighted by Gasteiger charge is 2.53. The van der Waals surface area contributed by atoms with Crippen molar-refractivity contribution in [1.29, 1.82) is 5.41 Å².